The number of benzene rings is 1. The molecule has 0 amide bonds. The first kappa shape index (κ1) is 13.1. The predicted molar refractivity (Wildman–Crippen MR) is 61.2 cm³/mol. The molecule has 0 heterocycles. The van der Waals surface area contributed by atoms with E-state index in [4.69, 9.17) is 10.8 Å². The molecule has 1 rings (SSSR count). The van der Waals surface area contributed by atoms with Gasteiger partial charge >= 0.3 is 0 Å². The Labute approximate surface area is 86.8 Å². The first-order chi connectivity index (χ1) is 6.83. The van der Waals surface area contributed by atoms with Crippen molar-refractivity contribution in [2.24, 2.45) is 5.73 Å². The average Bonchev–Trinajstić information content (AvgIpc) is 2.30. The van der Waals surface area contributed by atoms with Crippen molar-refractivity contribution in [3.05, 3.63) is 35.9 Å². The first-order valence-electron chi connectivity index (χ1n) is 5.23. The van der Waals surface area contributed by atoms with E-state index >= 15 is 0 Å². The largest absolute Gasteiger partial charge is 0.395 e. The summed E-state index contributed by atoms with van der Waals surface area (Å²) in [5.41, 5.74) is 6.85. The Kier molecular flexibility index (Phi) is 8.19. The lowest BCUT2D eigenvalue weighted by atomic mass is 10.1. The van der Waals surface area contributed by atoms with Crippen molar-refractivity contribution in [2.45, 2.75) is 32.7 Å². The molecule has 1 unspecified atom stereocenters. The summed E-state index contributed by atoms with van der Waals surface area (Å²) in [5.74, 6) is 0. The van der Waals surface area contributed by atoms with Gasteiger partial charge in [-0.2, -0.15) is 0 Å². The highest BCUT2D eigenvalue weighted by Gasteiger charge is 1.99. The topological polar surface area (TPSA) is 46.2 Å². The van der Waals surface area contributed by atoms with Crippen LogP contribution in [0, 0.1) is 0 Å². The van der Waals surface area contributed by atoms with Gasteiger partial charge < -0.3 is 10.8 Å². The monoisotopic (exact) mass is 195 g/mol. The number of rotatable bonds is 4. The Balaban J connectivity index is 0.000000791. The molecule has 2 heteroatoms. The molecule has 80 valence electrons. The second-order valence-electron chi connectivity index (χ2n) is 2.97. The molecule has 1 aromatic rings. The lowest BCUT2D eigenvalue weighted by molar-refractivity contribution is 0.260. The molecule has 0 spiro atoms. The van der Waals surface area contributed by atoms with E-state index in [-0.39, 0.29) is 12.6 Å². The number of hydrogen-bond donors (Lipinski definition) is 2. The van der Waals surface area contributed by atoms with Crippen molar-refractivity contribution in [1.82, 2.24) is 0 Å². The first-order valence-corrected chi connectivity index (χ1v) is 5.23. The number of hydrogen-bond acceptors (Lipinski definition) is 2. The Bertz CT molecular complexity index is 211. The second-order valence-corrected chi connectivity index (χ2v) is 2.97. The van der Waals surface area contributed by atoms with E-state index in [1.165, 1.54) is 5.56 Å². The molecule has 0 aliphatic carbocycles. The van der Waals surface area contributed by atoms with Crippen molar-refractivity contribution < 1.29 is 5.11 Å². The van der Waals surface area contributed by atoms with Crippen LogP contribution in [0.1, 0.15) is 25.8 Å². The van der Waals surface area contributed by atoms with Gasteiger partial charge in [-0.1, -0.05) is 44.2 Å². The maximum Gasteiger partial charge on any atom is 0.0582 e. The third-order valence-corrected chi connectivity index (χ3v) is 1.88. The third kappa shape index (κ3) is 5.73. The minimum absolute atomic E-state index is 0.0762. The molecular formula is C12H21NO. The zero-order valence-corrected chi connectivity index (χ0v) is 9.11. The van der Waals surface area contributed by atoms with Gasteiger partial charge in [0.1, 0.15) is 0 Å². The fourth-order valence-corrected chi connectivity index (χ4v) is 1.09. The van der Waals surface area contributed by atoms with Gasteiger partial charge in [-0.25, -0.2) is 0 Å². The van der Waals surface area contributed by atoms with Crippen LogP contribution in [-0.2, 0) is 6.42 Å². The lowest BCUT2D eigenvalue weighted by Crippen LogP contribution is -2.24. The van der Waals surface area contributed by atoms with Crippen LogP contribution < -0.4 is 5.73 Å². The van der Waals surface area contributed by atoms with E-state index in [0.29, 0.717) is 0 Å². The summed E-state index contributed by atoms with van der Waals surface area (Å²) in [4.78, 5) is 0. The molecule has 14 heavy (non-hydrogen) atoms. The fraction of sp³-hybridized carbons (Fsp3) is 0.500. The van der Waals surface area contributed by atoms with Gasteiger partial charge in [0.15, 0.2) is 0 Å². The van der Waals surface area contributed by atoms with Crippen molar-refractivity contribution in [1.29, 1.82) is 0 Å². The maximum absolute atomic E-state index is 8.69. The van der Waals surface area contributed by atoms with Crippen molar-refractivity contribution >= 4 is 0 Å². The van der Waals surface area contributed by atoms with Gasteiger partial charge in [0, 0.05) is 6.04 Å². The van der Waals surface area contributed by atoms with Gasteiger partial charge in [0.25, 0.3) is 0 Å². The minimum Gasteiger partial charge on any atom is -0.395 e. The summed E-state index contributed by atoms with van der Waals surface area (Å²) >= 11 is 0. The quantitative estimate of drug-likeness (QED) is 0.771. The van der Waals surface area contributed by atoms with E-state index in [1.54, 1.807) is 0 Å². The molecule has 3 N–H and O–H groups in total. The van der Waals surface area contributed by atoms with Crippen LogP contribution in [0.3, 0.4) is 0 Å². The lowest BCUT2D eigenvalue weighted by Gasteiger charge is -2.06. The smallest absolute Gasteiger partial charge is 0.0582 e. The van der Waals surface area contributed by atoms with Crippen LogP contribution in [-0.4, -0.2) is 17.8 Å². The molecule has 0 aromatic heterocycles. The minimum atomic E-state index is -0.0785. The molecule has 0 bridgehead atoms. The normalized spacial score (nSPS) is 11.4. The second kappa shape index (κ2) is 8.73. The van der Waals surface area contributed by atoms with E-state index in [0.717, 1.165) is 12.8 Å². The summed E-state index contributed by atoms with van der Waals surface area (Å²) in [6.07, 6.45) is 1.79. The number of aliphatic hydroxyl groups is 1. The molecule has 2 nitrogen and oxygen atoms in total. The molecule has 1 aromatic carbocycles. The zero-order valence-electron chi connectivity index (χ0n) is 9.11. The number of aryl methyl sites for hydroxylation is 1. The van der Waals surface area contributed by atoms with Crippen LogP contribution in [0.5, 0.6) is 0 Å². The molecule has 0 saturated heterocycles. The zero-order chi connectivity index (χ0) is 10.8. The van der Waals surface area contributed by atoms with Gasteiger partial charge in [0.05, 0.1) is 6.61 Å². The Morgan fingerprint density at radius 2 is 1.79 bits per heavy atom. The standard InChI is InChI=1S/C10H15NO.C2H6/c11-10(8-12)7-6-9-4-2-1-3-5-9;1-2/h1-5,10,12H,6-8,11H2;1-2H3. The summed E-state index contributed by atoms with van der Waals surface area (Å²) < 4.78 is 0. The average molecular weight is 195 g/mol. The molecule has 0 aliphatic rings. The summed E-state index contributed by atoms with van der Waals surface area (Å²) in [5, 5.41) is 8.69. The van der Waals surface area contributed by atoms with Gasteiger partial charge in [0.2, 0.25) is 0 Å². The van der Waals surface area contributed by atoms with Gasteiger partial charge in [-0.15, -0.1) is 0 Å². The SMILES string of the molecule is CC.NC(CO)CCc1ccccc1. The highest BCUT2D eigenvalue weighted by molar-refractivity contribution is 5.14. The summed E-state index contributed by atoms with van der Waals surface area (Å²) in [6, 6.07) is 10.1. The van der Waals surface area contributed by atoms with Crippen molar-refractivity contribution in [3.63, 3.8) is 0 Å². The van der Waals surface area contributed by atoms with Crippen LogP contribution in [0.15, 0.2) is 30.3 Å². The van der Waals surface area contributed by atoms with Crippen LogP contribution in [0.4, 0.5) is 0 Å². The Morgan fingerprint density at radius 1 is 1.21 bits per heavy atom. The maximum atomic E-state index is 8.69. The predicted octanol–water partition coefficient (Wildman–Crippen LogP) is 1.96. The molecular weight excluding hydrogens is 174 g/mol. The van der Waals surface area contributed by atoms with Crippen LogP contribution >= 0.6 is 0 Å². The number of nitrogens with two attached hydrogens (primary N) is 1. The van der Waals surface area contributed by atoms with Crippen molar-refractivity contribution in [3.8, 4) is 0 Å². The summed E-state index contributed by atoms with van der Waals surface area (Å²) in [6.45, 7) is 4.08. The van der Waals surface area contributed by atoms with E-state index < -0.39 is 0 Å². The Morgan fingerprint density at radius 3 is 2.29 bits per heavy atom. The summed E-state index contributed by atoms with van der Waals surface area (Å²) in [7, 11) is 0. The van der Waals surface area contributed by atoms with Gasteiger partial charge in [-0.3, -0.25) is 0 Å². The molecule has 1 atom stereocenters. The highest BCUT2D eigenvalue weighted by atomic mass is 16.3. The van der Waals surface area contributed by atoms with E-state index in [2.05, 4.69) is 12.1 Å². The molecule has 0 radical (unpaired) electrons. The molecule has 0 aliphatic heterocycles. The number of aliphatic hydroxyl groups excluding tert-OH is 1. The van der Waals surface area contributed by atoms with Crippen molar-refractivity contribution in [2.75, 3.05) is 6.61 Å². The van der Waals surface area contributed by atoms with Crippen LogP contribution in [0.25, 0.3) is 0 Å². The molecule has 0 fully saturated rings. The van der Waals surface area contributed by atoms with E-state index in [1.807, 2.05) is 32.0 Å². The fourth-order valence-electron chi connectivity index (χ4n) is 1.09. The third-order valence-electron chi connectivity index (χ3n) is 1.88. The Hall–Kier alpha value is -0.860. The van der Waals surface area contributed by atoms with E-state index in [9.17, 15) is 0 Å². The molecule has 0 saturated carbocycles. The van der Waals surface area contributed by atoms with Gasteiger partial charge in [-0.05, 0) is 18.4 Å². The highest BCUT2D eigenvalue weighted by Crippen LogP contribution is 2.03. The van der Waals surface area contributed by atoms with Crippen LogP contribution in [0.2, 0.25) is 0 Å².